The fourth-order valence-corrected chi connectivity index (χ4v) is 2.51. The molecule has 0 bridgehead atoms. The van der Waals surface area contributed by atoms with Crippen molar-refractivity contribution in [2.45, 2.75) is 13.0 Å². The molecule has 0 aliphatic heterocycles. The number of nitrogens with zero attached hydrogens (tertiary/aromatic N) is 5. The topological polar surface area (TPSA) is 85.1 Å². The van der Waals surface area contributed by atoms with E-state index in [9.17, 15) is 4.79 Å². The number of hydrogen-bond donors (Lipinski definition) is 1. The molecule has 3 rings (SSSR count). The predicted molar refractivity (Wildman–Crippen MR) is 73.8 cm³/mol. The summed E-state index contributed by atoms with van der Waals surface area (Å²) in [5.41, 5.74) is 0.725. The second kappa shape index (κ2) is 5.14. The molecule has 0 aliphatic rings. The van der Waals surface area contributed by atoms with Crippen molar-refractivity contribution in [1.82, 2.24) is 30.1 Å². The molecular weight excluding hydrogens is 300 g/mol. The molecule has 0 spiro atoms. The van der Waals surface area contributed by atoms with E-state index in [1.54, 1.807) is 0 Å². The van der Waals surface area contributed by atoms with Crippen molar-refractivity contribution in [2.24, 2.45) is 0 Å². The lowest BCUT2D eigenvalue weighted by Crippen LogP contribution is -2.27. The summed E-state index contributed by atoms with van der Waals surface area (Å²) < 4.78 is 2.05. The van der Waals surface area contributed by atoms with E-state index in [1.807, 2.05) is 35.7 Å². The highest BCUT2D eigenvalue weighted by Gasteiger charge is 2.19. The van der Waals surface area contributed by atoms with E-state index in [1.165, 1.54) is 0 Å². The molecule has 7 nitrogen and oxygen atoms in total. The van der Waals surface area contributed by atoms with Gasteiger partial charge in [0.25, 0.3) is 5.91 Å². The van der Waals surface area contributed by atoms with Gasteiger partial charge >= 0.3 is 0 Å². The monoisotopic (exact) mass is 308 g/mol. The van der Waals surface area contributed by atoms with Crippen LogP contribution in [-0.2, 0) is 0 Å². The number of carbonyl (C=O) groups is 1. The minimum absolute atomic E-state index is 0.218. The van der Waals surface area contributed by atoms with E-state index in [0.29, 0.717) is 5.82 Å². The third-order valence-electron chi connectivity index (χ3n) is 2.67. The number of hydrogen-bond acceptors (Lipinski definition) is 6. The Labute approximate surface area is 122 Å². The van der Waals surface area contributed by atoms with Gasteiger partial charge in [-0.05, 0) is 30.7 Å². The highest BCUT2D eigenvalue weighted by Crippen LogP contribution is 2.17. The highest BCUT2D eigenvalue weighted by atomic mass is 35.5. The average molecular weight is 309 g/mol. The summed E-state index contributed by atoms with van der Waals surface area (Å²) in [6.45, 7) is 1.82. The van der Waals surface area contributed by atoms with E-state index >= 15 is 0 Å². The molecule has 0 aliphatic carbocycles. The maximum atomic E-state index is 12.0. The first kappa shape index (κ1) is 12.9. The van der Waals surface area contributed by atoms with Gasteiger partial charge in [0.15, 0.2) is 11.5 Å². The van der Waals surface area contributed by atoms with Crippen molar-refractivity contribution >= 4 is 34.5 Å². The largest absolute Gasteiger partial charge is 0.340 e. The molecular formula is C11H9ClN6OS. The number of aromatic nitrogens is 5. The van der Waals surface area contributed by atoms with Gasteiger partial charge in [-0.1, -0.05) is 17.4 Å². The van der Waals surface area contributed by atoms with Crippen molar-refractivity contribution < 1.29 is 4.79 Å². The molecule has 3 heterocycles. The third kappa shape index (κ3) is 2.35. The van der Waals surface area contributed by atoms with Crippen LogP contribution in [0.3, 0.4) is 0 Å². The third-order valence-corrected chi connectivity index (χ3v) is 3.69. The molecule has 0 radical (unpaired) electrons. The van der Waals surface area contributed by atoms with Crippen LogP contribution in [0.5, 0.6) is 0 Å². The maximum Gasteiger partial charge on any atom is 0.282 e. The Bertz CT molecular complexity index is 769. The van der Waals surface area contributed by atoms with E-state index in [-0.39, 0.29) is 21.4 Å². The predicted octanol–water partition coefficient (Wildman–Crippen LogP) is 1.73. The number of halogens is 1. The van der Waals surface area contributed by atoms with Crippen LogP contribution in [0.4, 0.5) is 0 Å². The Morgan fingerprint density at radius 1 is 1.35 bits per heavy atom. The minimum Gasteiger partial charge on any atom is -0.340 e. The Kier molecular flexibility index (Phi) is 3.33. The molecule has 1 unspecified atom stereocenters. The number of carbonyl (C=O) groups excluding carboxylic acids is 1. The summed E-state index contributed by atoms with van der Waals surface area (Å²) in [7, 11) is 0. The van der Waals surface area contributed by atoms with E-state index in [2.05, 4.69) is 25.7 Å². The van der Waals surface area contributed by atoms with Crippen LogP contribution >= 0.6 is 22.9 Å². The molecule has 9 heteroatoms. The summed E-state index contributed by atoms with van der Waals surface area (Å²) in [6, 6.07) is 5.27. The number of amides is 1. The maximum absolute atomic E-state index is 12.0. The summed E-state index contributed by atoms with van der Waals surface area (Å²) >= 11 is 6.68. The van der Waals surface area contributed by atoms with Gasteiger partial charge in [-0.2, -0.15) is 0 Å². The van der Waals surface area contributed by atoms with Gasteiger partial charge in [0.1, 0.15) is 0 Å². The van der Waals surface area contributed by atoms with E-state index in [0.717, 1.165) is 17.0 Å². The first-order valence-corrected chi connectivity index (χ1v) is 6.94. The van der Waals surface area contributed by atoms with Crippen LogP contribution in [0.1, 0.15) is 28.6 Å². The van der Waals surface area contributed by atoms with Gasteiger partial charge in [-0.15, -0.1) is 20.4 Å². The smallest absolute Gasteiger partial charge is 0.282 e. The van der Waals surface area contributed by atoms with Crippen molar-refractivity contribution in [2.75, 3.05) is 0 Å². The zero-order valence-corrected chi connectivity index (χ0v) is 11.9. The fraction of sp³-hybridized carbons (Fsp3) is 0.182. The van der Waals surface area contributed by atoms with Crippen LogP contribution in [0.2, 0.25) is 4.47 Å². The molecule has 1 amide bonds. The number of fused-ring (bicyclic) bond motifs is 1. The molecule has 102 valence electrons. The highest BCUT2D eigenvalue weighted by molar-refractivity contribution is 7.17. The van der Waals surface area contributed by atoms with E-state index < -0.39 is 0 Å². The molecule has 0 saturated heterocycles. The quantitative estimate of drug-likeness (QED) is 0.796. The van der Waals surface area contributed by atoms with Crippen LogP contribution < -0.4 is 5.32 Å². The molecule has 3 aromatic rings. The molecule has 0 aromatic carbocycles. The van der Waals surface area contributed by atoms with Crippen molar-refractivity contribution in [3.05, 3.63) is 39.7 Å². The number of pyridine rings is 1. The first-order chi connectivity index (χ1) is 9.65. The Balaban J connectivity index is 1.82. The molecule has 0 saturated carbocycles. The lowest BCUT2D eigenvalue weighted by Gasteiger charge is -2.10. The fourth-order valence-electron chi connectivity index (χ4n) is 1.78. The number of nitrogens with one attached hydrogen (secondary N) is 1. The van der Waals surface area contributed by atoms with E-state index in [4.69, 9.17) is 11.6 Å². The minimum atomic E-state index is -0.338. The standard InChI is InChI=1S/C11H9ClN6OS/c1-6(13-9(19)10-16-17-11(12)20-10)8-15-14-7-4-2-3-5-18(7)8/h2-6H,1H3,(H,13,19). The Morgan fingerprint density at radius 2 is 2.20 bits per heavy atom. The summed E-state index contributed by atoms with van der Waals surface area (Å²) in [5, 5.41) is 18.4. The van der Waals surface area contributed by atoms with Gasteiger partial charge in [-0.25, -0.2) is 0 Å². The summed E-state index contributed by atoms with van der Waals surface area (Å²) in [6.07, 6.45) is 1.84. The van der Waals surface area contributed by atoms with Gasteiger partial charge in [0.05, 0.1) is 6.04 Å². The molecule has 1 atom stereocenters. The molecule has 1 N–H and O–H groups in total. The normalized spacial score (nSPS) is 12.5. The van der Waals surface area contributed by atoms with Crippen LogP contribution in [0, 0.1) is 0 Å². The lowest BCUT2D eigenvalue weighted by atomic mass is 10.3. The Morgan fingerprint density at radius 3 is 2.95 bits per heavy atom. The second-order valence-electron chi connectivity index (χ2n) is 4.04. The lowest BCUT2D eigenvalue weighted by molar-refractivity contribution is 0.0937. The zero-order valence-electron chi connectivity index (χ0n) is 10.3. The van der Waals surface area contributed by atoms with Crippen molar-refractivity contribution in [1.29, 1.82) is 0 Å². The first-order valence-electron chi connectivity index (χ1n) is 5.74. The van der Waals surface area contributed by atoms with Crippen LogP contribution in [-0.4, -0.2) is 30.7 Å². The zero-order chi connectivity index (χ0) is 14.1. The SMILES string of the molecule is CC(NC(=O)c1nnc(Cl)s1)c1nnc2ccccn12. The van der Waals surface area contributed by atoms with Gasteiger partial charge in [0.2, 0.25) is 9.47 Å². The average Bonchev–Trinajstić information content (AvgIpc) is 3.04. The molecule has 3 aromatic heterocycles. The Hall–Kier alpha value is -2.06. The van der Waals surface area contributed by atoms with Gasteiger partial charge < -0.3 is 5.32 Å². The molecule has 0 fully saturated rings. The number of rotatable bonds is 3. The molecule has 20 heavy (non-hydrogen) atoms. The van der Waals surface area contributed by atoms with Crippen molar-refractivity contribution in [3.63, 3.8) is 0 Å². The van der Waals surface area contributed by atoms with Crippen LogP contribution in [0.25, 0.3) is 5.65 Å². The van der Waals surface area contributed by atoms with Gasteiger partial charge in [0, 0.05) is 6.20 Å². The second-order valence-corrected chi connectivity index (χ2v) is 5.60. The summed E-state index contributed by atoms with van der Waals surface area (Å²) in [4.78, 5) is 12.0. The van der Waals surface area contributed by atoms with Crippen LogP contribution in [0.15, 0.2) is 24.4 Å². The summed E-state index contributed by atoms with van der Waals surface area (Å²) in [5.74, 6) is 0.305. The van der Waals surface area contributed by atoms with Crippen molar-refractivity contribution in [3.8, 4) is 0 Å². The van der Waals surface area contributed by atoms with Gasteiger partial charge in [-0.3, -0.25) is 9.20 Å².